The molecule has 2 aromatic heterocycles. The summed E-state index contributed by atoms with van der Waals surface area (Å²) in [6, 6.07) is 0.214. The normalized spacial score (nSPS) is 18.3. The number of nitrogens with zero attached hydrogens (tertiary/aromatic N) is 4. The topological polar surface area (TPSA) is 70.8 Å². The van der Waals surface area contributed by atoms with E-state index in [0.29, 0.717) is 0 Å². The third-order valence-electron chi connectivity index (χ3n) is 4.86. The number of unbranched alkanes of at least 4 members (excludes halogenated alkanes) is 1. The lowest BCUT2D eigenvalue weighted by molar-refractivity contribution is 0.119. The Morgan fingerprint density at radius 2 is 2.22 bits per heavy atom. The van der Waals surface area contributed by atoms with Crippen LogP contribution in [0, 0.1) is 5.92 Å². The minimum atomic E-state index is 0.214. The number of likely N-dealkylation sites (tertiary alicyclic amines) is 1. The smallest absolute Gasteiger partial charge is 0.243 e. The first-order valence-electron chi connectivity index (χ1n) is 8.80. The van der Waals surface area contributed by atoms with Crippen molar-refractivity contribution in [2.24, 2.45) is 5.92 Å². The molecule has 0 aliphatic carbocycles. The summed E-state index contributed by atoms with van der Waals surface area (Å²) in [6.45, 7) is 6.53. The van der Waals surface area contributed by atoms with Crippen molar-refractivity contribution in [3.8, 4) is 0 Å². The van der Waals surface area contributed by atoms with Crippen molar-refractivity contribution in [1.82, 2.24) is 25.0 Å². The number of rotatable bonds is 7. The third-order valence-corrected chi connectivity index (χ3v) is 4.86. The molecular weight excluding hydrogens is 290 g/mol. The molecule has 0 amide bonds. The monoisotopic (exact) mass is 317 g/mol. The van der Waals surface area contributed by atoms with Gasteiger partial charge in [-0.3, -0.25) is 4.90 Å². The Hall–Kier alpha value is -1.69. The van der Waals surface area contributed by atoms with Crippen LogP contribution in [-0.4, -0.2) is 38.1 Å². The number of hydrogen-bond acceptors (Lipinski definition) is 5. The number of hydrogen-bond donors (Lipinski definition) is 1. The van der Waals surface area contributed by atoms with E-state index in [1.807, 2.05) is 6.20 Å². The van der Waals surface area contributed by atoms with Gasteiger partial charge in [0.2, 0.25) is 5.89 Å². The summed E-state index contributed by atoms with van der Waals surface area (Å²) < 4.78 is 5.47. The molecule has 1 aliphatic heterocycles. The molecule has 0 spiro atoms. The van der Waals surface area contributed by atoms with Crippen LogP contribution in [-0.2, 0) is 12.8 Å². The van der Waals surface area contributed by atoms with E-state index in [1.165, 1.54) is 18.5 Å². The van der Waals surface area contributed by atoms with E-state index in [0.717, 1.165) is 56.4 Å². The number of nitrogens with one attached hydrogen (secondary N) is 1. The van der Waals surface area contributed by atoms with E-state index in [1.54, 1.807) is 6.33 Å². The molecule has 1 unspecified atom stereocenters. The first kappa shape index (κ1) is 16.2. The highest BCUT2D eigenvalue weighted by Crippen LogP contribution is 2.27. The molecule has 0 saturated carbocycles. The maximum atomic E-state index is 5.47. The van der Waals surface area contributed by atoms with Gasteiger partial charge in [-0.15, -0.1) is 0 Å². The maximum Gasteiger partial charge on any atom is 0.243 e. The minimum Gasteiger partial charge on any atom is -0.348 e. The van der Waals surface area contributed by atoms with Crippen LogP contribution in [0.15, 0.2) is 17.0 Å². The second-order valence-corrected chi connectivity index (χ2v) is 6.59. The second-order valence-electron chi connectivity index (χ2n) is 6.59. The molecule has 0 aromatic carbocycles. The van der Waals surface area contributed by atoms with Crippen LogP contribution in [0.1, 0.15) is 63.0 Å². The third kappa shape index (κ3) is 4.19. The number of imidazole rings is 1. The fourth-order valence-corrected chi connectivity index (χ4v) is 3.28. The molecule has 1 atom stereocenters. The van der Waals surface area contributed by atoms with Crippen molar-refractivity contribution in [3.63, 3.8) is 0 Å². The summed E-state index contributed by atoms with van der Waals surface area (Å²) in [5, 5.41) is 4.11. The van der Waals surface area contributed by atoms with Crippen molar-refractivity contribution >= 4 is 0 Å². The SMILES string of the molecule is CCCCc1noc(C(C)N2CCC(Cc3cnc[nH]3)CC2)n1. The van der Waals surface area contributed by atoms with Crippen molar-refractivity contribution in [2.45, 2.75) is 58.4 Å². The van der Waals surface area contributed by atoms with Crippen LogP contribution in [0.5, 0.6) is 0 Å². The summed E-state index contributed by atoms with van der Waals surface area (Å²) in [5.74, 6) is 2.35. The van der Waals surface area contributed by atoms with Crippen LogP contribution in [0.4, 0.5) is 0 Å². The van der Waals surface area contributed by atoms with E-state index in [-0.39, 0.29) is 6.04 Å². The first-order valence-corrected chi connectivity index (χ1v) is 8.80. The van der Waals surface area contributed by atoms with Crippen LogP contribution in [0.2, 0.25) is 0 Å². The molecular formula is C17H27N5O. The van der Waals surface area contributed by atoms with Gasteiger partial charge in [0.25, 0.3) is 0 Å². The Bertz CT molecular complexity index is 572. The van der Waals surface area contributed by atoms with Gasteiger partial charge in [-0.05, 0) is 51.6 Å². The Morgan fingerprint density at radius 3 is 2.91 bits per heavy atom. The number of aromatic nitrogens is 4. The van der Waals surface area contributed by atoms with Gasteiger partial charge < -0.3 is 9.51 Å². The lowest BCUT2D eigenvalue weighted by Gasteiger charge is -2.34. The maximum absolute atomic E-state index is 5.47. The van der Waals surface area contributed by atoms with E-state index in [9.17, 15) is 0 Å². The zero-order valence-electron chi connectivity index (χ0n) is 14.2. The largest absolute Gasteiger partial charge is 0.348 e. The molecule has 3 heterocycles. The van der Waals surface area contributed by atoms with Gasteiger partial charge in [0, 0.05) is 18.3 Å². The molecule has 3 rings (SSSR count). The number of piperidine rings is 1. The number of aromatic amines is 1. The van der Waals surface area contributed by atoms with Gasteiger partial charge in [-0.2, -0.15) is 4.98 Å². The lowest BCUT2D eigenvalue weighted by atomic mass is 9.92. The quantitative estimate of drug-likeness (QED) is 0.849. The van der Waals surface area contributed by atoms with Crippen LogP contribution in [0.3, 0.4) is 0 Å². The molecule has 1 aliphatic rings. The first-order chi connectivity index (χ1) is 11.3. The molecule has 0 bridgehead atoms. The predicted octanol–water partition coefficient (Wildman–Crippen LogP) is 3.15. The van der Waals surface area contributed by atoms with Crippen LogP contribution in [0.25, 0.3) is 0 Å². The Labute approximate surface area is 137 Å². The van der Waals surface area contributed by atoms with Crippen LogP contribution < -0.4 is 0 Å². The van der Waals surface area contributed by atoms with Crippen molar-refractivity contribution < 1.29 is 4.52 Å². The van der Waals surface area contributed by atoms with Gasteiger partial charge >= 0.3 is 0 Å². The summed E-state index contributed by atoms with van der Waals surface area (Å²) in [4.78, 5) is 14.3. The number of H-pyrrole nitrogens is 1. The highest BCUT2D eigenvalue weighted by molar-refractivity contribution is 4.98. The summed E-state index contributed by atoms with van der Waals surface area (Å²) in [5.41, 5.74) is 1.24. The van der Waals surface area contributed by atoms with E-state index >= 15 is 0 Å². The zero-order valence-corrected chi connectivity index (χ0v) is 14.2. The molecule has 1 saturated heterocycles. The van der Waals surface area contributed by atoms with E-state index < -0.39 is 0 Å². The van der Waals surface area contributed by atoms with Gasteiger partial charge in [0.15, 0.2) is 5.82 Å². The number of aryl methyl sites for hydroxylation is 1. The molecule has 23 heavy (non-hydrogen) atoms. The average molecular weight is 317 g/mol. The van der Waals surface area contributed by atoms with Crippen molar-refractivity contribution in [3.05, 3.63) is 29.9 Å². The van der Waals surface area contributed by atoms with Crippen molar-refractivity contribution in [2.75, 3.05) is 13.1 Å². The molecule has 2 aromatic rings. The molecule has 1 N–H and O–H groups in total. The van der Waals surface area contributed by atoms with Crippen molar-refractivity contribution in [1.29, 1.82) is 0 Å². The fraction of sp³-hybridized carbons (Fsp3) is 0.706. The predicted molar refractivity (Wildman–Crippen MR) is 87.9 cm³/mol. The average Bonchev–Trinajstić information content (AvgIpc) is 3.24. The summed E-state index contributed by atoms with van der Waals surface area (Å²) >= 11 is 0. The van der Waals surface area contributed by atoms with E-state index in [2.05, 4.69) is 38.9 Å². The summed E-state index contributed by atoms with van der Waals surface area (Å²) in [6.07, 6.45) is 10.4. The van der Waals surface area contributed by atoms with Gasteiger partial charge in [0.05, 0.1) is 12.4 Å². The van der Waals surface area contributed by atoms with E-state index in [4.69, 9.17) is 4.52 Å². The minimum absolute atomic E-state index is 0.214. The fourth-order valence-electron chi connectivity index (χ4n) is 3.28. The summed E-state index contributed by atoms with van der Waals surface area (Å²) in [7, 11) is 0. The Kier molecular flexibility index (Phi) is 5.43. The molecule has 126 valence electrons. The molecule has 6 heteroatoms. The molecule has 6 nitrogen and oxygen atoms in total. The molecule has 1 fully saturated rings. The molecule has 0 radical (unpaired) electrons. The van der Waals surface area contributed by atoms with Gasteiger partial charge in [-0.25, -0.2) is 4.98 Å². The highest BCUT2D eigenvalue weighted by atomic mass is 16.5. The standard InChI is InChI=1S/C17H27N5O/c1-3-4-5-16-20-17(23-21-16)13(2)22-8-6-14(7-9-22)10-15-11-18-12-19-15/h11-14H,3-10H2,1-2H3,(H,18,19). The second kappa shape index (κ2) is 7.73. The Morgan fingerprint density at radius 1 is 1.39 bits per heavy atom. The highest BCUT2D eigenvalue weighted by Gasteiger charge is 2.26. The Balaban J connectivity index is 1.49. The zero-order chi connectivity index (χ0) is 16.1. The lowest BCUT2D eigenvalue weighted by Crippen LogP contribution is -2.36. The van der Waals surface area contributed by atoms with Gasteiger partial charge in [0.1, 0.15) is 0 Å². The van der Waals surface area contributed by atoms with Gasteiger partial charge in [-0.1, -0.05) is 18.5 Å². The van der Waals surface area contributed by atoms with Crippen LogP contribution >= 0.6 is 0 Å².